The van der Waals surface area contributed by atoms with Crippen LogP contribution in [0.2, 0.25) is 5.02 Å². The fraction of sp³-hybridized carbons (Fsp3) is 0.562. The number of likely N-dealkylation sites (tertiary alicyclic amines) is 1. The smallest absolute Gasteiger partial charge is 0.255 e. The van der Waals surface area contributed by atoms with Gasteiger partial charge in [0.2, 0.25) is 0 Å². The van der Waals surface area contributed by atoms with Crippen molar-refractivity contribution in [1.82, 2.24) is 4.90 Å². The zero-order valence-electron chi connectivity index (χ0n) is 11.6. The van der Waals surface area contributed by atoms with Crippen molar-refractivity contribution >= 4 is 17.5 Å². The van der Waals surface area contributed by atoms with Gasteiger partial charge < -0.3 is 9.64 Å². The van der Waals surface area contributed by atoms with Gasteiger partial charge in [-0.05, 0) is 43.7 Å². The standard InChI is InChI=1S/C16H20ClNO2/c17-15-6-2-1-5-14(15)16(19)18-9-3-4-13(10-18)20-11-12-7-8-12/h1-2,5-6,12-13H,3-4,7-11H2. The molecule has 2 aliphatic rings. The Morgan fingerprint density at radius 3 is 2.85 bits per heavy atom. The van der Waals surface area contributed by atoms with Gasteiger partial charge >= 0.3 is 0 Å². The van der Waals surface area contributed by atoms with E-state index in [1.54, 1.807) is 12.1 Å². The number of rotatable bonds is 4. The Morgan fingerprint density at radius 1 is 1.30 bits per heavy atom. The zero-order valence-corrected chi connectivity index (χ0v) is 12.3. The number of benzene rings is 1. The molecule has 1 unspecified atom stereocenters. The normalized spacial score (nSPS) is 22.9. The fourth-order valence-corrected chi connectivity index (χ4v) is 2.84. The number of carbonyl (C=O) groups is 1. The molecule has 1 heterocycles. The van der Waals surface area contributed by atoms with Crippen LogP contribution in [-0.2, 0) is 4.74 Å². The lowest BCUT2D eigenvalue weighted by Gasteiger charge is -2.33. The van der Waals surface area contributed by atoms with E-state index in [1.807, 2.05) is 17.0 Å². The summed E-state index contributed by atoms with van der Waals surface area (Å²) in [5, 5.41) is 0.526. The highest BCUT2D eigenvalue weighted by Crippen LogP contribution is 2.30. The second kappa shape index (κ2) is 6.15. The predicted octanol–water partition coefficient (Wildman–Crippen LogP) is 3.37. The Labute approximate surface area is 124 Å². The lowest BCUT2D eigenvalue weighted by Crippen LogP contribution is -2.43. The summed E-state index contributed by atoms with van der Waals surface area (Å²) in [6.07, 6.45) is 4.85. The average molecular weight is 294 g/mol. The lowest BCUT2D eigenvalue weighted by atomic mass is 10.1. The van der Waals surface area contributed by atoms with Crippen LogP contribution in [0.25, 0.3) is 0 Å². The van der Waals surface area contributed by atoms with Gasteiger partial charge in [-0.1, -0.05) is 23.7 Å². The summed E-state index contributed by atoms with van der Waals surface area (Å²) < 4.78 is 5.93. The number of carbonyl (C=O) groups excluding carboxylic acids is 1. The van der Waals surface area contributed by atoms with Gasteiger partial charge in [0.1, 0.15) is 0 Å². The number of nitrogens with zero attached hydrogens (tertiary/aromatic N) is 1. The molecule has 0 aromatic heterocycles. The zero-order chi connectivity index (χ0) is 13.9. The lowest BCUT2D eigenvalue weighted by molar-refractivity contribution is -0.00241. The molecule has 0 radical (unpaired) electrons. The minimum absolute atomic E-state index is 0.0234. The number of ether oxygens (including phenoxy) is 1. The molecule has 4 heteroatoms. The molecule has 0 N–H and O–H groups in total. The van der Waals surface area contributed by atoms with Crippen molar-refractivity contribution < 1.29 is 9.53 Å². The Morgan fingerprint density at radius 2 is 2.10 bits per heavy atom. The minimum Gasteiger partial charge on any atom is -0.376 e. The van der Waals surface area contributed by atoms with Crippen molar-refractivity contribution in [3.05, 3.63) is 34.9 Å². The van der Waals surface area contributed by atoms with Crippen LogP contribution in [-0.4, -0.2) is 36.6 Å². The number of halogens is 1. The molecule has 1 amide bonds. The molecule has 3 rings (SSSR count). The Balaban J connectivity index is 1.60. The highest BCUT2D eigenvalue weighted by molar-refractivity contribution is 6.33. The van der Waals surface area contributed by atoms with Gasteiger partial charge in [-0.15, -0.1) is 0 Å². The molecular formula is C16H20ClNO2. The molecule has 1 saturated heterocycles. The SMILES string of the molecule is O=C(c1ccccc1Cl)N1CCCC(OCC2CC2)C1. The molecule has 1 saturated carbocycles. The largest absolute Gasteiger partial charge is 0.376 e. The van der Waals surface area contributed by atoms with Gasteiger partial charge in [0.15, 0.2) is 0 Å². The number of piperidine rings is 1. The van der Waals surface area contributed by atoms with E-state index in [4.69, 9.17) is 16.3 Å². The Kier molecular flexibility index (Phi) is 4.27. The Bertz CT molecular complexity index is 487. The molecule has 20 heavy (non-hydrogen) atoms. The summed E-state index contributed by atoms with van der Waals surface area (Å²) in [4.78, 5) is 14.4. The van der Waals surface area contributed by atoms with Crippen molar-refractivity contribution in [3.8, 4) is 0 Å². The van der Waals surface area contributed by atoms with Crippen LogP contribution in [0.15, 0.2) is 24.3 Å². The molecule has 2 fully saturated rings. The van der Waals surface area contributed by atoms with Crippen molar-refractivity contribution in [2.75, 3.05) is 19.7 Å². The second-order valence-electron chi connectivity index (χ2n) is 5.77. The molecule has 1 aliphatic carbocycles. The third kappa shape index (κ3) is 3.33. The monoisotopic (exact) mass is 293 g/mol. The van der Waals surface area contributed by atoms with E-state index in [-0.39, 0.29) is 12.0 Å². The van der Waals surface area contributed by atoms with E-state index in [0.29, 0.717) is 17.1 Å². The van der Waals surface area contributed by atoms with E-state index < -0.39 is 0 Å². The number of hydrogen-bond donors (Lipinski definition) is 0. The van der Waals surface area contributed by atoms with E-state index >= 15 is 0 Å². The van der Waals surface area contributed by atoms with Gasteiger partial charge in [0.05, 0.1) is 16.7 Å². The Hall–Kier alpha value is -1.06. The maximum Gasteiger partial charge on any atom is 0.255 e. The molecule has 1 aromatic carbocycles. The molecule has 1 atom stereocenters. The summed E-state index contributed by atoms with van der Waals surface area (Å²) in [7, 11) is 0. The van der Waals surface area contributed by atoms with Crippen LogP contribution in [0.4, 0.5) is 0 Å². The quantitative estimate of drug-likeness (QED) is 0.852. The maximum atomic E-state index is 12.5. The number of amides is 1. The van der Waals surface area contributed by atoms with Crippen LogP contribution < -0.4 is 0 Å². The van der Waals surface area contributed by atoms with Crippen molar-refractivity contribution in [3.63, 3.8) is 0 Å². The first-order valence-electron chi connectivity index (χ1n) is 7.39. The average Bonchev–Trinajstić information content (AvgIpc) is 3.29. The molecule has 0 bridgehead atoms. The molecule has 108 valence electrons. The van der Waals surface area contributed by atoms with E-state index in [0.717, 1.165) is 31.9 Å². The minimum atomic E-state index is 0.0234. The van der Waals surface area contributed by atoms with Crippen molar-refractivity contribution in [2.24, 2.45) is 5.92 Å². The van der Waals surface area contributed by atoms with Crippen LogP contribution >= 0.6 is 11.6 Å². The second-order valence-corrected chi connectivity index (χ2v) is 6.18. The van der Waals surface area contributed by atoms with Crippen molar-refractivity contribution in [1.29, 1.82) is 0 Å². The van der Waals surface area contributed by atoms with Gasteiger partial charge in [0, 0.05) is 19.7 Å². The summed E-state index contributed by atoms with van der Waals surface area (Å²) in [5.74, 6) is 0.792. The van der Waals surface area contributed by atoms with Crippen LogP contribution in [0.1, 0.15) is 36.0 Å². The number of hydrogen-bond acceptors (Lipinski definition) is 2. The molecule has 3 nitrogen and oxygen atoms in total. The fourth-order valence-electron chi connectivity index (χ4n) is 2.62. The summed E-state index contributed by atoms with van der Waals surface area (Å²) in [6, 6.07) is 7.25. The summed E-state index contributed by atoms with van der Waals surface area (Å²) in [6.45, 7) is 2.35. The van der Waals surface area contributed by atoms with Crippen LogP contribution in [0, 0.1) is 5.92 Å². The van der Waals surface area contributed by atoms with Crippen LogP contribution in [0.5, 0.6) is 0 Å². The van der Waals surface area contributed by atoms with Crippen molar-refractivity contribution in [2.45, 2.75) is 31.8 Å². The van der Waals surface area contributed by atoms with Gasteiger partial charge in [-0.25, -0.2) is 0 Å². The topological polar surface area (TPSA) is 29.5 Å². The van der Waals surface area contributed by atoms with E-state index in [9.17, 15) is 4.79 Å². The highest BCUT2D eigenvalue weighted by Gasteiger charge is 2.28. The molecule has 1 aliphatic heterocycles. The third-order valence-electron chi connectivity index (χ3n) is 4.03. The van der Waals surface area contributed by atoms with E-state index in [1.165, 1.54) is 12.8 Å². The van der Waals surface area contributed by atoms with Gasteiger partial charge in [-0.2, -0.15) is 0 Å². The van der Waals surface area contributed by atoms with E-state index in [2.05, 4.69) is 0 Å². The van der Waals surface area contributed by atoms with Gasteiger partial charge in [-0.3, -0.25) is 4.79 Å². The summed E-state index contributed by atoms with van der Waals surface area (Å²) in [5.41, 5.74) is 0.594. The predicted molar refractivity (Wildman–Crippen MR) is 79.1 cm³/mol. The highest BCUT2D eigenvalue weighted by atomic mass is 35.5. The summed E-state index contributed by atoms with van der Waals surface area (Å²) >= 11 is 6.11. The third-order valence-corrected chi connectivity index (χ3v) is 4.36. The first-order chi connectivity index (χ1) is 9.74. The maximum absolute atomic E-state index is 12.5. The molecule has 1 aromatic rings. The first kappa shape index (κ1) is 13.9. The van der Waals surface area contributed by atoms with Gasteiger partial charge in [0.25, 0.3) is 5.91 Å². The first-order valence-corrected chi connectivity index (χ1v) is 7.77. The van der Waals surface area contributed by atoms with Crippen LogP contribution in [0.3, 0.4) is 0 Å². The molecule has 0 spiro atoms. The molecular weight excluding hydrogens is 274 g/mol.